The van der Waals surface area contributed by atoms with Crippen LogP contribution >= 0.6 is 0 Å². The number of ketones is 1. The van der Waals surface area contributed by atoms with Crippen molar-refractivity contribution in [2.75, 3.05) is 6.61 Å². The summed E-state index contributed by atoms with van der Waals surface area (Å²) in [6.07, 6.45) is -3.42. The van der Waals surface area contributed by atoms with Gasteiger partial charge in [0, 0.05) is 30.1 Å². The number of hydrogen-bond acceptors (Lipinski definition) is 10. The Labute approximate surface area is 312 Å². The molecule has 2 saturated carbocycles. The molecule has 0 aromatic heterocycles. The standard InChI is InChI=1S/C43H54O10/c1-24-20-32-43(23-50-32,53-27(4)44)34-36(52-38(48)42(9,49)29-18-14-11-15-19-29)40(7)22-31(51-37(47)30(45)21-28-16-12-10-13-17-28)25(2)33(39(40,5)6)26(3)35(46)41(24,34)8/h10-19,24,26,30-32,34,36,45,49H,20-23H2,1-9H3/t24?,26?,30-,31+,32-,34+,36+,40?,41?,42?,43+/m1/s1. The van der Waals surface area contributed by atoms with Gasteiger partial charge in [0.25, 0.3) is 0 Å². The zero-order valence-corrected chi connectivity index (χ0v) is 32.3. The third kappa shape index (κ3) is 5.96. The van der Waals surface area contributed by atoms with E-state index in [4.69, 9.17) is 18.9 Å². The Bertz CT molecular complexity index is 1800. The molecule has 6 rings (SSSR count). The first-order chi connectivity index (χ1) is 24.7. The third-order valence-corrected chi connectivity index (χ3v) is 13.8. The maximum atomic E-state index is 15.3. The van der Waals surface area contributed by atoms with Crippen LogP contribution in [0.2, 0.25) is 0 Å². The fourth-order valence-corrected chi connectivity index (χ4v) is 10.4. The predicted octanol–water partition coefficient (Wildman–Crippen LogP) is 5.66. The van der Waals surface area contributed by atoms with Crippen molar-refractivity contribution in [2.24, 2.45) is 34.0 Å². The van der Waals surface area contributed by atoms with Gasteiger partial charge in [0.2, 0.25) is 0 Å². The third-order valence-electron chi connectivity index (χ3n) is 13.8. The van der Waals surface area contributed by atoms with Crippen LogP contribution in [0, 0.1) is 34.0 Å². The maximum Gasteiger partial charge on any atom is 0.342 e. The fraction of sp³-hybridized carbons (Fsp3) is 0.581. The summed E-state index contributed by atoms with van der Waals surface area (Å²) >= 11 is 0. The Kier molecular flexibility index (Phi) is 9.87. The summed E-state index contributed by atoms with van der Waals surface area (Å²) in [4.78, 5) is 56.5. The number of rotatable bonds is 8. The van der Waals surface area contributed by atoms with Gasteiger partial charge in [-0.15, -0.1) is 0 Å². The van der Waals surface area contributed by atoms with Gasteiger partial charge in [0.15, 0.2) is 17.3 Å². The minimum absolute atomic E-state index is 0.00264. The predicted molar refractivity (Wildman–Crippen MR) is 195 cm³/mol. The Balaban J connectivity index is 1.53. The van der Waals surface area contributed by atoms with Crippen LogP contribution in [-0.2, 0) is 50.1 Å². The highest BCUT2D eigenvalue weighted by molar-refractivity contribution is 5.91. The number of esters is 3. The molecule has 53 heavy (non-hydrogen) atoms. The molecular weight excluding hydrogens is 676 g/mol. The summed E-state index contributed by atoms with van der Waals surface area (Å²) in [7, 11) is 0. The van der Waals surface area contributed by atoms with Gasteiger partial charge in [-0.3, -0.25) is 9.59 Å². The summed E-state index contributed by atoms with van der Waals surface area (Å²) in [6.45, 7) is 16.3. The van der Waals surface area contributed by atoms with Crippen molar-refractivity contribution in [3.8, 4) is 0 Å². The van der Waals surface area contributed by atoms with E-state index >= 15 is 4.79 Å². The van der Waals surface area contributed by atoms with Crippen molar-refractivity contribution in [2.45, 2.75) is 117 Å². The summed E-state index contributed by atoms with van der Waals surface area (Å²) in [5, 5.41) is 22.9. The molecule has 1 saturated heterocycles. The zero-order chi connectivity index (χ0) is 38.9. The molecule has 2 aromatic rings. The van der Waals surface area contributed by atoms with Crippen LogP contribution in [0.4, 0.5) is 0 Å². The number of carbonyl (C=O) groups is 4. The van der Waals surface area contributed by atoms with Crippen LogP contribution < -0.4 is 0 Å². The second-order valence-corrected chi connectivity index (χ2v) is 17.1. The average Bonchev–Trinajstić information content (AvgIpc) is 3.10. The topological polar surface area (TPSA) is 146 Å². The average molecular weight is 731 g/mol. The molecule has 0 spiro atoms. The summed E-state index contributed by atoms with van der Waals surface area (Å²) in [5.74, 6) is -4.24. The molecule has 3 aliphatic carbocycles. The van der Waals surface area contributed by atoms with Gasteiger partial charge in [0.1, 0.15) is 24.1 Å². The molecule has 2 aromatic carbocycles. The first kappa shape index (κ1) is 38.9. The first-order valence-electron chi connectivity index (χ1n) is 18.7. The lowest BCUT2D eigenvalue weighted by atomic mass is 9.40. The van der Waals surface area contributed by atoms with E-state index in [2.05, 4.69) is 0 Å². The quantitative estimate of drug-likeness (QED) is 0.198. The van der Waals surface area contributed by atoms with Crippen molar-refractivity contribution >= 4 is 23.7 Å². The smallest absolute Gasteiger partial charge is 0.342 e. The lowest BCUT2D eigenvalue weighted by Gasteiger charge is -2.69. The molecule has 286 valence electrons. The van der Waals surface area contributed by atoms with E-state index < -0.39 is 81.6 Å². The van der Waals surface area contributed by atoms with Crippen molar-refractivity contribution in [1.29, 1.82) is 0 Å². The fourth-order valence-electron chi connectivity index (χ4n) is 10.4. The molecule has 2 N–H and O–H groups in total. The van der Waals surface area contributed by atoms with Crippen LogP contribution in [-0.4, -0.2) is 70.5 Å². The lowest BCUT2D eigenvalue weighted by Crippen LogP contribution is -2.79. The SMILES string of the molecule is CC(=O)O[C@@]12CO[C@@H]1CC(C)C1(C)C(=O)C(C)C3=C(C)[C@@H](OC(=O)[C@H](O)Cc4ccccc4)CC(C)([C@@H](OC(=O)C(C)(O)c4ccccc4)[C@@H]12)C3(C)C. The molecule has 0 amide bonds. The summed E-state index contributed by atoms with van der Waals surface area (Å²) in [5.41, 5.74) is -3.98. The number of allylic oxidation sites excluding steroid dienone is 1. The summed E-state index contributed by atoms with van der Waals surface area (Å²) < 4.78 is 25.3. The maximum absolute atomic E-state index is 15.3. The minimum atomic E-state index is -2.08. The van der Waals surface area contributed by atoms with Crippen molar-refractivity contribution in [3.63, 3.8) is 0 Å². The Morgan fingerprint density at radius 2 is 1.58 bits per heavy atom. The van der Waals surface area contributed by atoms with Gasteiger partial charge < -0.3 is 29.2 Å². The second-order valence-electron chi connectivity index (χ2n) is 17.1. The molecule has 3 fully saturated rings. The second kappa shape index (κ2) is 13.5. The van der Waals surface area contributed by atoms with Gasteiger partial charge in [-0.25, -0.2) is 9.59 Å². The summed E-state index contributed by atoms with van der Waals surface area (Å²) in [6, 6.07) is 17.6. The zero-order valence-electron chi connectivity index (χ0n) is 32.3. The van der Waals surface area contributed by atoms with E-state index in [1.54, 1.807) is 30.3 Å². The van der Waals surface area contributed by atoms with Gasteiger partial charge in [-0.1, -0.05) is 108 Å². The lowest BCUT2D eigenvalue weighted by molar-refractivity contribution is -0.336. The van der Waals surface area contributed by atoms with Crippen LogP contribution in [0.15, 0.2) is 71.8 Å². The highest BCUT2D eigenvalue weighted by Crippen LogP contribution is 2.68. The number of hydrogen-bond donors (Lipinski definition) is 2. The van der Waals surface area contributed by atoms with Crippen molar-refractivity contribution in [3.05, 3.63) is 82.9 Å². The van der Waals surface area contributed by atoms with Crippen LogP contribution in [0.5, 0.6) is 0 Å². The Morgan fingerprint density at radius 1 is 0.981 bits per heavy atom. The van der Waals surface area contributed by atoms with E-state index in [0.717, 1.165) is 11.1 Å². The molecule has 1 heterocycles. The molecular formula is C43H54O10. The highest BCUT2D eigenvalue weighted by atomic mass is 16.6. The van der Waals surface area contributed by atoms with E-state index in [1.165, 1.54) is 13.8 Å². The molecule has 4 aliphatic rings. The molecule has 10 heteroatoms. The Morgan fingerprint density at radius 3 is 2.15 bits per heavy atom. The monoisotopic (exact) mass is 730 g/mol. The van der Waals surface area contributed by atoms with Gasteiger partial charge in [0.05, 0.1) is 12.5 Å². The number of fused-ring (bicyclic) bond motifs is 5. The van der Waals surface area contributed by atoms with Crippen molar-refractivity contribution < 1.29 is 48.3 Å². The number of aliphatic hydroxyl groups excluding tert-OH is 1. The number of carbonyl (C=O) groups excluding carboxylic acids is 4. The molecule has 11 atom stereocenters. The van der Waals surface area contributed by atoms with E-state index in [9.17, 15) is 24.6 Å². The first-order valence-corrected chi connectivity index (χ1v) is 18.7. The molecule has 0 radical (unpaired) electrons. The highest BCUT2D eigenvalue weighted by Gasteiger charge is 2.76. The van der Waals surface area contributed by atoms with E-state index in [0.29, 0.717) is 17.6 Å². The van der Waals surface area contributed by atoms with Gasteiger partial charge >= 0.3 is 17.9 Å². The number of aliphatic hydroxyl groups is 2. The molecule has 10 nitrogen and oxygen atoms in total. The van der Waals surface area contributed by atoms with E-state index in [1.807, 2.05) is 78.8 Å². The largest absolute Gasteiger partial charge is 0.459 e. The van der Waals surface area contributed by atoms with E-state index in [-0.39, 0.29) is 31.1 Å². The number of ether oxygens (including phenoxy) is 4. The minimum Gasteiger partial charge on any atom is -0.459 e. The molecule has 1 aliphatic heterocycles. The van der Waals surface area contributed by atoms with Crippen LogP contribution in [0.25, 0.3) is 0 Å². The normalized spacial score (nSPS) is 36.2. The number of Topliss-reactive ketones (excluding diaryl/α,β-unsaturated/α-hetero) is 1. The van der Waals surface area contributed by atoms with Crippen molar-refractivity contribution in [1.82, 2.24) is 0 Å². The molecule has 5 unspecified atom stereocenters. The van der Waals surface area contributed by atoms with Gasteiger partial charge in [-0.2, -0.15) is 0 Å². The molecule has 2 bridgehead atoms. The van der Waals surface area contributed by atoms with Crippen LogP contribution in [0.3, 0.4) is 0 Å². The van der Waals surface area contributed by atoms with Gasteiger partial charge in [-0.05, 0) is 54.7 Å². The Hall–Kier alpha value is -3.86. The number of benzene rings is 2. The van der Waals surface area contributed by atoms with Crippen LogP contribution in [0.1, 0.15) is 86.3 Å².